The molecule has 0 aliphatic carbocycles. The van der Waals surface area contributed by atoms with Crippen molar-refractivity contribution in [2.45, 2.75) is 38.9 Å². The summed E-state index contributed by atoms with van der Waals surface area (Å²) in [6.07, 6.45) is 5.63. The molecule has 0 radical (unpaired) electrons. The van der Waals surface area contributed by atoms with Gasteiger partial charge in [-0.05, 0) is 45.0 Å². The van der Waals surface area contributed by atoms with Crippen LogP contribution in [0, 0.1) is 0 Å². The summed E-state index contributed by atoms with van der Waals surface area (Å²) < 4.78 is 3.57. The average molecular weight is 485 g/mol. The van der Waals surface area contributed by atoms with Gasteiger partial charge in [0.15, 0.2) is 5.82 Å². The third-order valence-corrected chi connectivity index (χ3v) is 7.01. The van der Waals surface area contributed by atoms with Gasteiger partial charge in [-0.3, -0.25) is 18.9 Å². The number of aromatic nitrogens is 7. The Kier molecular flexibility index (Phi) is 5.48. The zero-order valence-corrected chi connectivity index (χ0v) is 20.6. The van der Waals surface area contributed by atoms with Gasteiger partial charge in [0.25, 0.3) is 5.91 Å². The molecule has 6 heterocycles. The summed E-state index contributed by atoms with van der Waals surface area (Å²) in [6, 6.07) is 9.87. The maximum absolute atomic E-state index is 13.7. The van der Waals surface area contributed by atoms with E-state index >= 15 is 0 Å². The van der Waals surface area contributed by atoms with Crippen molar-refractivity contribution in [1.29, 1.82) is 0 Å². The Morgan fingerprint density at radius 2 is 2.06 bits per heavy atom. The number of pyridine rings is 2. The number of carbonyl (C=O) groups is 1. The second-order valence-corrected chi connectivity index (χ2v) is 9.28. The molecule has 1 amide bonds. The average Bonchev–Trinajstić information content (AvgIpc) is 3.67. The van der Waals surface area contributed by atoms with Crippen LogP contribution in [0.3, 0.4) is 0 Å². The Morgan fingerprint density at radius 1 is 1.17 bits per heavy atom. The molecular formula is C25H28N10O. The summed E-state index contributed by atoms with van der Waals surface area (Å²) in [4.78, 5) is 27.5. The minimum Gasteiger partial charge on any atom is -0.354 e. The van der Waals surface area contributed by atoms with Gasteiger partial charge in [-0.25, -0.2) is 9.97 Å². The molecule has 1 unspecified atom stereocenters. The van der Waals surface area contributed by atoms with Crippen molar-refractivity contribution in [3.63, 3.8) is 0 Å². The fourth-order valence-electron chi connectivity index (χ4n) is 5.15. The molecule has 184 valence electrons. The number of nitrogens with zero attached hydrogens (tertiary/aromatic N) is 9. The Hall–Kier alpha value is -4.12. The van der Waals surface area contributed by atoms with Gasteiger partial charge < -0.3 is 10.2 Å². The summed E-state index contributed by atoms with van der Waals surface area (Å²) in [5, 5.41) is 15.8. The van der Waals surface area contributed by atoms with Gasteiger partial charge in [0.05, 0.1) is 24.0 Å². The lowest BCUT2D eigenvalue weighted by atomic mass is 10.1. The standard InChI is InChI=1S/C25H28N10O/c1-16-6-5-11-33(16)22-12-17-18(20(30-22)13-26-2)14-34(25(17)36)21-8-4-7-19(29-21)24-31-27-15-35(24)23-9-10-28-32(23)3/h4,7-10,12,15-16,26H,5-6,11,13-14H2,1-3H3. The van der Waals surface area contributed by atoms with E-state index < -0.39 is 0 Å². The summed E-state index contributed by atoms with van der Waals surface area (Å²) in [7, 11) is 3.76. The van der Waals surface area contributed by atoms with Crippen molar-refractivity contribution in [2.24, 2.45) is 7.05 Å². The van der Waals surface area contributed by atoms with Crippen LogP contribution in [0.4, 0.5) is 11.6 Å². The van der Waals surface area contributed by atoms with E-state index in [9.17, 15) is 4.79 Å². The highest BCUT2D eigenvalue weighted by molar-refractivity contribution is 6.10. The van der Waals surface area contributed by atoms with Crippen LogP contribution in [-0.2, 0) is 20.1 Å². The molecular weight excluding hydrogens is 456 g/mol. The van der Waals surface area contributed by atoms with Gasteiger partial charge in [-0.2, -0.15) is 5.10 Å². The number of aryl methyl sites for hydroxylation is 1. The first-order chi connectivity index (χ1) is 17.5. The van der Waals surface area contributed by atoms with Gasteiger partial charge in [0.1, 0.15) is 29.5 Å². The molecule has 1 atom stereocenters. The summed E-state index contributed by atoms with van der Waals surface area (Å²) in [6.45, 7) is 4.21. The number of hydrogen-bond acceptors (Lipinski definition) is 8. The van der Waals surface area contributed by atoms with Crippen LogP contribution in [0.2, 0.25) is 0 Å². The largest absolute Gasteiger partial charge is 0.354 e. The van der Waals surface area contributed by atoms with E-state index in [-0.39, 0.29) is 5.91 Å². The maximum Gasteiger partial charge on any atom is 0.260 e. The predicted octanol–water partition coefficient (Wildman–Crippen LogP) is 2.33. The molecule has 0 saturated carbocycles. The van der Waals surface area contributed by atoms with Gasteiger partial charge in [0.2, 0.25) is 0 Å². The summed E-state index contributed by atoms with van der Waals surface area (Å²) >= 11 is 0. The molecule has 0 bridgehead atoms. The monoisotopic (exact) mass is 484 g/mol. The smallest absolute Gasteiger partial charge is 0.260 e. The van der Waals surface area contributed by atoms with Crippen LogP contribution in [0.5, 0.6) is 0 Å². The Morgan fingerprint density at radius 3 is 2.81 bits per heavy atom. The fourth-order valence-corrected chi connectivity index (χ4v) is 5.15. The maximum atomic E-state index is 13.7. The highest BCUT2D eigenvalue weighted by Crippen LogP contribution is 2.34. The molecule has 11 nitrogen and oxygen atoms in total. The first-order valence-electron chi connectivity index (χ1n) is 12.2. The quantitative estimate of drug-likeness (QED) is 0.444. The third-order valence-electron chi connectivity index (χ3n) is 7.01. The molecule has 2 aliphatic rings. The van der Waals surface area contributed by atoms with Crippen LogP contribution in [0.1, 0.15) is 41.4 Å². The summed E-state index contributed by atoms with van der Waals surface area (Å²) in [5.41, 5.74) is 3.19. The van der Waals surface area contributed by atoms with Crippen LogP contribution >= 0.6 is 0 Å². The van der Waals surface area contributed by atoms with Crippen LogP contribution in [-0.4, -0.2) is 60.1 Å². The molecule has 1 saturated heterocycles. The molecule has 36 heavy (non-hydrogen) atoms. The minimum atomic E-state index is -0.0596. The highest BCUT2D eigenvalue weighted by atomic mass is 16.2. The molecule has 1 N–H and O–H groups in total. The molecule has 11 heteroatoms. The molecule has 4 aromatic heterocycles. The fraction of sp³-hybridized carbons (Fsp3) is 0.360. The van der Waals surface area contributed by atoms with Crippen LogP contribution in [0.25, 0.3) is 17.3 Å². The molecule has 6 rings (SSSR count). The Balaban J connectivity index is 1.36. The number of anilines is 2. The van der Waals surface area contributed by atoms with Crippen LogP contribution in [0.15, 0.2) is 42.9 Å². The van der Waals surface area contributed by atoms with E-state index in [1.807, 2.05) is 49.0 Å². The van der Waals surface area contributed by atoms with Gasteiger partial charge in [-0.15, -0.1) is 10.2 Å². The summed E-state index contributed by atoms with van der Waals surface area (Å²) in [5.74, 6) is 2.78. The van der Waals surface area contributed by atoms with Crippen molar-refractivity contribution in [2.75, 3.05) is 23.4 Å². The zero-order chi connectivity index (χ0) is 24.8. The lowest BCUT2D eigenvalue weighted by molar-refractivity contribution is 0.0996. The lowest BCUT2D eigenvalue weighted by Crippen LogP contribution is -2.28. The van der Waals surface area contributed by atoms with Gasteiger partial charge in [0, 0.05) is 37.8 Å². The number of nitrogens with one attached hydrogen (secondary N) is 1. The molecule has 4 aromatic rings. The second kappa shape index (κ2) is 8.83. The van der Waals surface area contributed by atoms with Crippen molar-refractivity contribution in [3.8, 4) is 17.3 Å². The third kappa shape index (κ3) is 3.63. The van der Waals surface area contributed by atoms with E-state index in [0.29, 0.717) is 42.0 Å². The van der Waals surface area contributed by atoms with Crippen molar-refractivity contribution < 1.29 is 4.79 Å². The lowest BCUT2D eigenvalue weighted by Gasteiger charge is -2.24. The number of hydrogen-bond donors (Lipinski definition) is 1. The first kappa shape index (κ1) is 22.4. The van der Waals surface area contributed by atoms with Crippen molar-refractivity contribution in [3.05, 3.63) is 59.7 Å². The SMILES string of the molecule is CNCc1nc(N2CCCC2C)cc2c1CN(c1cccc(-c3nncn3-c3ccnn3C)n1)C2=O. The first-order valence-corrected chi connectivity index (χ1v) is 12.2. The predicted molar refractivity (Wildman–Crippen MR) is 135 cm³/mol. The Bertz CT molecular complexity index is 1440. The van der Waals surface area contributed by atoms with E-state index in [1.54, 1.807) is 22.1 Å². The molecule has 2 aliphatic heterocycles. The Labute approximate surface area is 208 Å². The van der Waals surface area contributed by atoms with Gasteiger partial charge in [-0.1, -0.05) is 6.07 Å². The van der Waals surface area contributed by atoms with Crippen molar-refractivity contribution in [1.82, 2.24) is 39.8 Å². The normalized spacial score (nSPS) is 17.3. The topological polar surface area (TPSA) is 110 Å². The number of fused-ring (bicyclic) bond motifs is 1. The van der Waals surface area contributed by atoms with E-state index in [4.69, 9.17) is 9.97 Å². The minimum absolute atomic E-state index is 0.0596. The number of amides is 1. The van der Waals surface area contributed by atoms with Crippen LogP contribution < -0.4 is 15.1 Å². The van der Waals surface area contributed by atoms with E-state index in [2.05, 4.69) is 32.4 Å². The second-order valence-electron chi connectivity index (χ2n) is 9.28. The highest BCUT2D eigenvalue weighted by Gasteiger charge is 2.34. The van der Waals surface area contributed by atoms with E-state index in [0.717, 1.165) is 42.3 Å². The molecule has 0 spiro atoms. The van der Waals surface area contributed by atoms with Gasteiger partial charge >= 0.3 is 0 Å². The zero-order valence-electron chi connectivity index (χ0n) is 20.6. The molecule has 1 fully saturated rings. The number of carbonyl (C=O) groups excluding carboxylic acids is 1. The van der Waals surface area contributed by atoms with E-state index in [1.165, 1.54) is 0 Å². The van der Waals surface area contributed by atoms with Crippen molar-refractivity contribution >= 4 is 17.5 Å². The number of rotatable bonds is 6. The molecule has 0 aromatic carbocycles.